The Labute approximate surface area is 101 Å². The predicted molar refractivity (Wildman–Crippen MR) is 55.3 cm³/mol. The molecular formula is C11H10F3NO3. The van der Waals surface area contributed by atoms with Crippen LogP contribution in [0.25, 0.3) is 0 Å². The number of alkyl halides is 3. The van der Waals surface area contributed by atoms with Gasteiger partial charge in [0, 0.05) is 6.07 Å². The molecule has 98 valence electrons. The van der Waals surface area contributed by atoms with Gasteiger partial charge in [-0.15, -0.1) is 0 Å². The van der Waals surface area contributed by atoms with Crippen molar-refractivity contribution in [2.75, 3.05) is 13.7 Å². The van der Waals surface area contributed by atoms with Gasteiger partial charge in [0.1, 0.15) is 18.1 Å². The molecular weight excluding hydrogens is 251 g/mol. The largest absolute Gasteiger partial charge is 0.497 e. The second-order valence-electron chi connectivity index (χ2n) is 3.38. The van der Waals surface area contributed by atoms with E-state index in [2.05, 4.69) is 0 Å². The number of halogens is 3. The summed E-state index contributed by atoms with van der Waals surface area (Å²) in [6, 6.07) is 5.80. The summed E-state index contributed by atoms with van der Waals surface area (Å²) in [5.41, 5.74) is 0.186. The van der Waals surface area contributed by atoms with E-state index in [4.69, 9.17) is 19.8 Å². The molecule has 1 atom stereocenters. The molecule has 0 spiro atoms. The molecule has 7 heteroatoms. The third-order valence-corrected chi connectivity index (χ3v) is 2.03. The van der Waals surface area contributed by atoms with Gasteiger partial charge >= 0.3 is 6.18 Å². The average molecular weight is 261 g/mol. The lowest BCUT2D eigenvalue weighted by atomic mass is 10.2. The van der Waals surface area contributed by atoms with Crippen molar-refractivity contribution in [3.63, 3.8) is 0 Å². The van der Waals surface area contributed by atoms with Crippen molar-refractivity contribution in [2.45, 2.75) is 12.3 Å². The quantitative estimate of drug-likeness (QED) is 0.898. The van der Waals surface area contributed by atoms with E-state index in [0.29, 0.717) is 0 Å². The lowest BCUT2D eigenvalue weighted by Crippen LogP contribution is -2.34. The van der Waals surface area contributed by atoms with Gasteiger partial charge in [-0.1, -0.05) is 0 Å². The molecule has 1 aromatic carbocycles. The van der Waals surface area contributed by atoms with E-state index in [1.165, 1.54) is 25.3 Å². The number of ether oxygens (including phenoxy) is 2. The van der Waals surface area contributed by atoms with Crippen LogP contribution in [0.4, 0.5) is 13.2 Å². The molecule has 0 bridgehead atoms. The average Bonchev–Trinajstić information content (AvgIpc) is 2.34. The molecule has 0 radical (unpaired) electrons. The minimum Gasteiger partial charge on any atom is -0.497 e. The van der Waals surface area contributed by atoms with Gasteiger partial charge in [-0.25, -0.2) is 0 Å². The normalized spacial score (nSPS) is 12.7. The number of methoxy groups -OCH3 is 1. The predicted octanol–water partition coefficient (Wildman–Crippen LogP) is 1.87. The molecule has 0 saturated carbocycles. The number of hydrogen-bond acceptors (Lipinski definition) is 4. The zero-order valence-electron chi connectivity index (χ0n) is 9.36. The topological polar surface area (TPSA) is 62.5 Å². The summed E-state index contributed by atoms with van der Waals surface area (Å²) in [6.45, 7) is -0.943. The molecule has 1 N–H and O–H groups in total. The molecule has 0 heterocycles. The Bertz CT molecular complexity index is 454. The van der Waals surface area contributed by atoms with E-state index in [9.17, 15) is 13.2 Å². The standard InChI is InChI=1S/C11H10F3NO3/c1-17-8-2-7(5-15)3-9(4-8)18-6-10(16)11(12,13)14/h2-4,10,16H,6H2,1H3. The summed E-state index contributed by atoms with van der Waals surface area (Å²) in [5.74, 6) is 0.305. The summed E-state index contributed by atoms with van der Waals surface area (Å²) >= 11 is 0. The first-order chi connectivity index (χ1) is 8.36. The van der Waals surface area contributed by atoms with E-state index >= 15 is 0 Å². The molecule has 0 aromatic heterocycles. The number of hydrogen-bond donors (Lipinski definition) is 1. The van der Waals surface area contributed by atoms with Gasteiger partial charge in [-0.2, -0.15) is 18.4 Å². The van der Waals surface area contributed by atoms with Crippen molar-refractivity contribution in [1.29, 1.82) is 5.26 Å². The lowest BCUT2D eigenvalue weighted by molar-refractivity contribution is -0.210. The Hall–Kier alpha value is -1.94. The first kappa shape index (κ1) is 14.1. The molecule has 1 unspecified atom stereocenters. The Morgan fingerprint density at radius 3 is 2.44 bits per heavy atom. The van der Waals surface area contributed by atoms with Crippen LogP contribution in [0.1, 0.15) is 5.56 Å². The molecule has 0 saturated heterocycles. The van der Waals surface area contributed by atoms with Gasteiger partial charge in [0.2, 0.25) is 0 Å². The Morgan fingerprint density at radius 1 is 1.33 bits per heavy atom. The number of rotatable bonds is 4. The van der Waals surface area contributed by atoms with Crippen molar-refractivity contribution in [2.24, 2.45) is 0 Å². The summed E-state index contributed by atoms with van der Waals surface area (Å²) < 4.78 is 45.7. The fourth-order valence-corrected chi connectivity index (χ4v) is 1.11. The maximum Gasteiger partial charge on any atom is 0.417 e. The monoisotopic (exact) mass is 261 g/mol. The zero-order valence-corrected chi connectivity index (χ0v) is 9.36. The molecule has 4 nitrogen and oxygen atoms in total. The third kappa shape index (κ3) is 3.82. The smallest absolute Gasteiger partial charge is 0.417 e. The first-order valence-corrected chi connectivity index (χ1v) is 4.83. The molecule has 0 amide bonds. The molecule has 1 rings (SSSR count). The van der Waals surface area contributed by atoms with Crippen molar-refractivity contribution in [3.05, 3.63) is 23.8 Å². The van der Waals surface area contributed by atoms with E-state index in [1.807, 2.05) is 6.07 Å². The van der Waals surface area contributed by atoms with Crippen LogP contribution in [0.3, 0.4) is 0 Å². The van der Waals surface area contributed by atoms with E-state index in [1.54, 1.807) is 0 Å². The fourth-order valence-electron chi connectivity index (χ4n) is 1.11. The van der Waals surface area contributed by atoms with Gasteiger partial charge in [-0.05, 0) is 12.1 Å². The number of benzene rings is 1. The van der Waals surface area contributed by atoms with Gasteiger partial charge in [-0.3, -0.25) is 0 Å². The van der Waals surface area contributed by atoms with E-state index in [-0.39, 0.29) is 17.1 Å². The van der Waals surface area contributed by atoms with Gasteiger partial charge in [0.25, 0.3) is 0 Å². The Kier molecular flexibility index (Phi) is 4.39. The van der Waals surface area contributed by atoms with Crippen LogP contribution in [-0.2, 0) is 0 Å². The minimum atomic E-state index is -4.74. The fraction of sp³-hybridized carbons (Fsp3) is 0.364. The van der Waals surface area contributed by atoms with Crippen molar-refractivity contribution in [3.8, 4) is 17.6 Å². The van der Waals surface area contributed by atoms with Gasteiger partial charge < -0.3 is 14.6 Å². The summed E-state index contributed by atoms with van der Waals surface area (Å²) in [6.07, 6.45) is -7.31. The SMILES string of the molecule is COc1cc(C#N)cc(OCC(O)C(F)(F)F)c1. The third-order valence-electron chi connectivity index (χ3n) is 2.03. The van der Waals surface area contributed by atoms with Crippen LogP contribution in [0.2, 0.25) is 0 Å². The number of aliphatic hydroxyl groups excluding tert-OH is 1. The van der Waals surface area contributed by atoms with Crippen LogP contribution in [0.15, 0.2) is 18.2 Å². The number of aliphatic hydroxyl groups is 1. The highest BCUT2D eigenvalue weighted by atomic mass is 19.4. The van der Waals surface area contributed by atoms with Crippen LogP contribution in [0, 0.1) is 11.3 Å². The Morgan fingerprint density at radius 2 is 1.94 bits per heavy atom. The highest BCUT2D eigenvalue weighted by Crippen LogP contribution is 2.24. The van der Waals surface area contributed by atoms with Crippen LogP contribution < -0.4 is 9.47 Å². The molecule has 0 aliphatic heterocycles. The van der Waals surface area contributed by atoms with E-state index in [0.717, 1.165) is 0 Å². The van der Waals surface area contributed by atoms with Crippen LogP contribution >= 0.6 is 0 Å². The molecule has 0 aliphatic rings. The maximum atomic E-state index is 12.0. The number of nitriles is 1. The first-order valence-electron chi connectivity index (χ1n) is 4.83. The highest BCUT2D eigenvalue weighted by Gasteiger charge is 2.38. The van der Waals surface area contributed by atoms with Gasteiger partial charge in [0.15, 0.2) is 6.10 Å². The second-order valence-corrected chi connectivity index (χ2v) is 3.38. The van der Waals surface area contributed by atoms with Crippen LogP contribution in [-0.4, -0.2) is 31.1 Å². The van der Waals surface area contributed by atoms with Crippen molar-refractivity contribution in [1.82, 2.24) is 0 Å². The molecule has 0 aliphatic carbocycles. The van der Waals surface area contributed by atoms with Crippen molar-refractivity contribution >= 4 is 0 Å². The lowest BCUT2D eigenvalue weighted by Gasteiger charge is -2.15. The summed E-state index contributed by atoms with van der Waals surface area (Å²) in [4.78, 5) is 0. The van der Waals surface area contributed by atoms with E-state index < -0.39 is 18.9 Å². The molecule has 1 aromatic rings. The number of nitrogens with zero attached hydrogens (tertiary/aromatic N) is 1. The zero-order chi connectivity index (χ0) is 13.8. The highest BCUT2D eigenvalue weighted by molar-refractivity contribution is 5.43. The second kappa shape index (κ2) is 5.60. The van der Waals surface area contributed by atoms with Crippen molar-refractivity contribution < 1.29 is 27.8 Å². The Balaban J connectivity index is 2.76. The molecule has 18 heavy (non-hydrogen) atoms. The molecule has 0 fully saturated rings. The van der Waals surface area contributed by atoms with Gasteiger partial charge in [0.05, 0.1) is 18.7 Å². The van der Waals surface area contributed by atoms with Crippen LogP contribution in [0.5, 0.6) is 11.5 Å². The maximum absolute atomic E-state index is 12.0. The minimum absolute atomic E-state index is 0.0224. The summed E-state index contributed by atoms with van der Waals surface area (Å²) in [5, 5.41) is 17.5. The summed E-state index contributed by atoms with van der Waals surface area (Å²) in [7, 11) is 1.35.